The van der Waals surface area contributed by atoms with Crippen molar-refractivity contribution in [2.24, 2.45) is 0 Å². The van der Waals surface area contributed by atoms with Crippen LogP contribution in [0.1, 0.15) is 24.5 Å². The van der Waals surface area contributed by atoms with Gasteiger partial charge in [-0.3, -0.25) is 0 Å². The van der Waals surface area contributed by atoms with E-state index in [1.807, 2.05) is 6.92 Å². The Balaban J connectivity index is 2.26. The standard InChI is InChI=1S/C11H14O/c1-2-12-11-7-6-9-4-3-5-10(9)8-11/h6-8H,2-5H2,1H3. The smallest absolute Gasteiger partial charge is 0.119 e. The molecule has 0 radical (unpaired) electrons. The van der Waals surface area contributed by atoms with Crippen LogP contribution in [0.4, 0.5) is 0 Å². The molecule has 1 heteroatoms. The average molecular weight is 162 g/mol. The Kier molecular flexibility index (Phi) is 2.03. The first kappa shape index (κ1) is 7.66. The van der Waals surface area contributed by atoms with Crippen LogP contribution < -0.4 is 4.74 Å². The van der Waals surface area contributed by atoms with Gasteiger partial charge in [0.05, 0.1) is 6.61 Å². The molecule has 0 saturated carbocycles. The molecule has 0 aliphatic heterocycles. The fourth-order valence-electron chi connectivity index (χ4n) is 1.80. The number of hydrogen-bond acceptors (Lipinski definition) is 1. The minimum absolute atomic E-state index is 0.763. The van der Waals surface area contributed by atoms with Crippen LogP contribution in [0.15, 0.2) is 18.2 Å². The Morgan fingerprint density at radius 2 is 2.08 bits per heavy atom. The molecule has 64 valence electrons. The van der Waals surface area contributed by atoms with E-state index >= 15 is 0 Å². The molecule has 12 heavy (non-hydrogen) atoms. The van der Waals surface area contributed by atoms with E-state index in [0.717, 1.165) is 12.4 Å². The minimum atomic E-state index is 0.763. The molecule has 1 aromatic rings. The molecule has 0 aromatic heterocycles. The molecule has 1 aromatic carbocycles. The average Bonchev–Trinajstić information content (AvgIpc) is 2.51. The van der Waals surface area contributed by atoms with Gasteiger partial charge < -0.3 is 4.74 Å². The predicted octanol–water partition coefficient (Wildman–Crippen LogP) is 2.57. The van der Waals surface area contributed by atoms with Crippen molar-refractivity contribution in [3.63, 3.8) is 0 Å². The van der Waals surface area contributed by atoms with Crippen LogP contribution in [0, 0.1) is 0 Å². The Hall–Kier alpha value is -0.980. The van der Waals surface area contributed by atoms with Crippen molar-refractivity contribution in [3.05, 3.63) is 29.3 Å². The van der Waals surface area contributed by atoms with Gasteiger partial charge in [0.2, 0.25) is 0 Å². The Bertz CT molecular complexity index is 278. The van der Waals surface area contributed by atoms with Gasteiger partial charge in [0.1, 0.15) is 5.75 Å². The molecule has 0 N–H and O–H groups in total. The highest BCUT2D eigenvalue weighted by molar-refractivity contribution is 5.38. The molecule has 0 spiro atoms. The van der Waals surface area contributed by atoms with Crippen molar-refractivity contribution in [1.29, 1.82) is 0 Å². The van der Waals surface area contributed by atoms with E-state index in [-0.39, 0.29) is 0 Å². The molecule has 2 rings (SSSR count). The topological polar surface area (TPSA) is 9.23 Å². The number of benzene rings is 1. The molecule has 0 bridgehead atoms. The number of aryl methyl sites for hydroxylation is 2. The summed E-state index contributed by atoms with van der Waals surface area (Å²) in [7, 11) is 0. The Labute approximate surface area is 73.4 Å². The molecular weight excluding hydrogens is 148 g/mol. The van der Waals surface area contributed by atoms with E-state index in [1.54, 1.807) is 0 Å². The molecule has 0 heterocycles. The van der Waals surface area contributed by atoms with Gasteiger partial charge in [-0.05, 0) is 49.4 Å². The second kappa shape index (κ2) is 3.18. The molecule has 1 aliphatic rings. The van der Waals surface area contributed by atoms with Crippen LogP contribution in [0.2, 0.25) is 0 Å². The highest BCUT2D eigenvalue weighted by Crippen LogP contribution is 2.25. The fourth-order valence-corrected chi connectivity index (χ4v) is 1.80. The van der Waals surface area contributed by atoms with Crippen LogP contribution in [-0.4, -0.2) is 6.61 Å². The largest absolute Gasteiger partial charge is 0.494 e. The molecule has 1 aliphatic carbocycles. The summed E-state index contributed by atoms with van der Waals surface area (Å²) >= 11 is 0. The highest BCUT2D eigenvalue weighted by atomic mass is 16.5. The van der Waals surface area contributed by atoms with Crippen molar-refractivity contribution < 1.29 is 4.74 Å². The summed E-state index contributed by atoms with van der Waals surface area (Å²) in [5.74, 6) is 1.03. The van der Waals surface area contributed by atoms with Crippen molar-refractivity contribution >= 4 is 0 Å². The van der Waals surface area contributed by atoms with Gasteiger partial charge in [-0.1, -0.05) is 6.07 Å². The van der Waals surface area contributed by atoms with Crippen LogP contribution in [0.3, 0.4) is 0 Å². The molecule has 0 fully saturated rings. The molecule has 0 atom stereocenters. The molecule has 0 amide bonds. The van der Waals surface area contributed by atoms with E-state index in [1.165, 1.54) is 30.4 Å². The molecule has 1 nitrogen and oxygen atoms in total. The number of rotatable bonds is 2. The van der Waals surface area contributed by atoms with Gasteiger partial charge >= 0.3 is 0 Å². The summed E-state index contributed by atoms with van der Waals surface area (Å²) < 4.78 is 5.43. The second-order valence-corrected chi connectivity index (χ2v) is 3.22. The highest BCUT2D eigenvalue weighted by Gasteiger charge is 2.10. The van der Waals surface area contributed by atoms with Gasteiger partial charge in [-0.15, -0.1) is 0 Å². The zero-order chi connectivity index (χ0) is 8.39. The van der Waals surface area contributed by atoms with E-state index in [9.17, 15) is 0 Å². The van der Waals surface area contributed by atoms with Crippen LogP contribution in [0.25, 0.3) is 0 Å². The van der Waals surface area contributed by atoms with E-state index in [2.05, 4.69) is 18.2 Å². The maximum absolute atomic E-state index is 5.43. The zero-order valence-corrected chi connectivity index (χ0v) is 7.47. The fraction of sp³-hybridized carbons (Fsp3) is 0.455. The Morgan fingerprint density at radius 1 is 1.25 bits per heavy atom. The number of ether oxygens (including phenoxy) is 1. The first-order valence-electron chi connectivity index (χ1n) is 4.65. The summed E-state index contributed by atoms with van der Waals surface area (Å²) in [5, 5.41) is 0. The molecule has 0 unspecified atom stereocenters. The van der Waals surface area contributed by atoms with Crippen molar-refractivity contribution in [2.75, 3.05) is 6.61 Å². The molecule has 0 saturated heterocycles. The van der Waals surface area contributed by atoms with Crippen LogP contribution in [0.5, 0.6) is 5.75 Å². The summed E-state index contributed by atoms with van der Waals surface area (Å²) in [5.41, 5.74) is 3.00. The number of hydrogen-bond donors (Lipinski definition) is 0. The van der Waals surface area contributed by atoms with E-state index in [4.69, 9.17) is 4.74 Å². The lowest BCUT2D eigenvalue weighted by Crippen LogP contribution is -1.92. The third-order valence-corrected chi connectivity index (χ3v) is 2.38. The van der Waals surface area contributed by atoms with Crippen molar-refractivity contribution in [1.82, 2.24) is 0 Å². The van der Waals surface area contributed by atoms with Crippen molar-refractivity contribution in [3.8, 4) is 5.75 Å². The quantitative estimate of drug-likeness (QED) is 0.649. The van der Waals surface area contributed by atoms with E-state index in [0.29, 0.717) is 0 Å². The normalized spacial score (nSPS) is 14.4. The van der Waals surface area contributed by atoms with Crippen molar-refractivity contribution in [2.45, 2.75) is 26.2 Å². The third kappa shape index (κ3) is 1.31. The van der Waals surface area contributed by atoms with Gasteiger partial charge in [0, 0.05) is 0 Å². The maximum atomic E-state index is 5.43. The minimum Gasteiger partial charge on any atom is -0.494 e. The van der Waals surface area contributed by atoms with E-state index < -0.39 is 0 Å². The van der Waals surface area contributed by atoms with Gasteiger partial charge in [-0.25, -0.2) is 0 Å². The SMILES string of the molecule is CCOc1ccc2c(c1)CCC2. The molecular formula is C11H14O. The first-order valence-corrected chi connectivity index (χ1v) is 4.65. The summed E-state index contributed by atoms with van der Waals surface area (Å²) in [6, 6.07) is 6.47. The van der Waals surface area contributed by atoms with Gasteiger partial charge in [-0.2, -0.15) is 0 Å². The lowest BCUT2D eigenvalue weighted by atomic mass is 10.1. The zero-order valence-electron chi connectivity index (χ0n) is 7.47. The summed E-state index contributed by atoms with van der Waals surface area (Å²) in [6.45, 7) is 2.78. The monoisotopic (exact) mass is 162 g/mol. The first-order chi connectivity index (χ1) is 5.90. The summed E-state index contributed by atoms with van der Waals surface area (Å²) in [6.07, 6.45) is 3.79. The van der Waals surface area contributed by atoms with Gasteiger partial charge in [0.15, 0.2) is 0 Å². The number of fused-ring (bicyclic) bond motifs is 1. The maximum Gasteiger partial charge on any atom is 0.119 e. The summed E-state index contributed by atoms with van der Waals surface area (Å²) in [4.78, 5) is 0. The third-order valence-electron chi connectivity index (χ3n) is 2.38. The Morgan fingerprint density at radius 3 is 2.92 bits per heavy atom. The van der Waals surface area contributed by atoms with Crippen LogP contribution >= 0.6 is 0 Å². The van der Waals surface area contributed by atoms with Gasteiger partial charge in [0.25, 0.3) is 0 Å². The second-order valence-electron chi connectivity index (χ2n) is 3.22. The lowest BCUT2D eigenvalue weighted by molar-refractivity contribution is 0.340. The van der Waals surface area contributed by atoms with Crippen LogP contribution in [-0.2, 0) is 12.8 Å². The lowest BCUT2D eigenvalue weighted by Gasteiger charge is -2.04. The predicted molar refractivity (Wildman–Crippen MR) is 49.6 cm³/mol.